The second-order valence-electron chi connectivity index (χ2n) is 5.71. The number of aromatic nitrogens is 5. The van der Waals surface area contributed by atoms with Crippen LogP contribution >= 0.6 is 0 Å². The minimum Gasteiger partial charge on any atom is -0.382 e. The zero-order chi connectivity index (χ0) is 18.4. The second-order valence-corrected chi connectivity index (χ2v) is 5.71. The molecule has 0 fully saturated rings. The van der Waals surface area contributed by atoms with E-state index in [1.165, 1.54) is 16.9 Å². The fourth-order valence-corrected chi connectivity index (χ4v) is 2.38. The maximum atomic E-state index is 13.6. The van der Waals surface area contributed by atoms with Crippen molar-refractivity contribution < 1.29 is 13.6 Å². The van der Waals surface area contributed by atoms with Crippen LogP contribution < -0.4 is 11.5 Å². The standard InChI is InChI=1S/C15H15F2N7O/c1-7-3-12(22-14(21-7)15(2,16)17)24-10-4-8(5-11(18)25)20-6-9(10)13(19)23-24/h3-4,6H,5H2,1-2H3,(H2,18,25)(H2,19,23). The largest absolute Gasteiger partial charge is 0.382 e. The zero-order valence-corrected chi connectivity index (χ0v) is 13.5. The number of aryl methyl sites for hydroxylation is 1. The first kappa shape index (κ1) is 16.7. The van der Waals surface area contributed by atoms with Gasteiger partial charge in [0, 0.05) is 24.9 Å². The summed E-state index contributed by atoms with van der Waals surface area (Å²) in [6, 6.07) is 3.08. The second kappa shape index (κ2) is 5.72. The van der Waals surface area contributed by atoms with E-state index in [9.17, 15) is 13.6 Å². The maximum absolute atomic E-state index is 13.6. The number of nitrogens with two attached hydrogens (primary N) is 2. The highest BCUT2D eigenvalue weighted by Crippen LogP contribution is 2.27. The highest BCUT2D eigenvalue weighted by Gasteiger charge is 2.29. The van der Waals surface area contributed by atoms with Crippen molar-refractivity contribution in [3.63, 3.8) is 0 Å². The van der Waals surface area contributed by atoms with Crippen LogP contribution in [0.5, 0.6) is 0 Å². The summed E-state index contributed by atoms with van der Waals surface area (Å²) in [4.78, 5) is 22.9. The third kappa shape index (κ3) is 3.23. The SMILES string of the molecule is Cc1cc(-n2nc(N)c3cnc(CC(N)=O)cc32)nc(C(C)(F)F)n1. The summed E-state index contributed by atoms with van der Waals surface area (Å²) in [5, 5.41) is 4.66. The topological polar surface area (TPSA) is 126 Å². The molecule has 0 aliphatic rings. The number of fused-ring (bicyclic) bond motifs is 1. The van der Waals surface area contributed by atoms with Gasteiger partial charge in [0.1, 0.15) is 0 Å². The molecule has 3 rings (SSSR count). The first-order valence-corrected chi connectivity index (χ1v) is 7.31. The Labute approximate surface area is 140 Å². The van der Waals surface area contributed by atoms with Gasteiger partial charge < -0.3 is 11.5 Å². The molecule has 4 N–H and O–H groups in total. The van der Waals surface area contributed by atoms with Gasteiger partial charge in [-0.2, -0.15) is 8.78 Å². The van der Waals surface area contributed by atoms with Crippen molar-refractivity contribution in [2.75, 3.05) is 5.73 Å². The molecule has 0 radical (unpaired) electrons. The van der Waals surface area contributed by atoms with Crippen LogP contribution in [-0.4, -0.2) is 30.6 Å². The molecule has 1 amide bonds. The van der Waals surface area contributed by atoms with Crippen LogP contribution in [0.4, 0.5) is 14.6 Å². The summed E-state index contributed by atoms with van der Waals surface area (Å²) < 4.78 is 28.6. The highest BCUT2D eigenvalue weighted by atomic mass is 19.3. The first-order valence-electron chi connectivity index (χ1n) is 7.31. The van der Waals surface area contributed by atoms with Gasteiger partial charge in [0.25, 0.3) is 0 Å². The normalized spacial score (nSPS) is 11.8. The Morgan fingerprint density at radius 2 is 2.04 bits per heavy atom. The molecule has 0 aromatic carbocycles. The zero-order valence-electron chi connectivity index (χ0n) is 13.5. The number of hydrogen-bond donors (Lipinski definition) is 2. The number of rotatable bonds is 4. The van der Waals surface area contributed by atoms with Crippen molar-refractivity contribution >= 4 is 22.6 Å². The van der Waals surface area contributed by atoms with E-state index < -0.39 is 17.7 Å². The lowest BCUT2D eigenvalue weighted by Gasteiger charge is -2.11. The van der Waals surface area contributed by atoms with Gasteiger partial charge >= 0.3 is 5.92 Å². The Bertz CT molecular complexity index is 978. The van der Waals surface area contributed by atoms with Crippen LogP contribution in [0.3, 0.4) is 0 Å². The average Bonchev–Trinajstić information content (AvgIpc) is 2.82. The summed E-state index contributed by atoms with van der Waals surface area (Å²) in [6.07, 6.45) is 1.39. The molecule has 25 heavy (non-hydrogen) atoms. The molecular formula is C15H15F2N7O. The molecule has 0 unspecified atom stereocenters. The number of amides is 1. The van der Waals surface area contributed by atoms with Crippen LogP contribution in [0.15, 0.2) is 18.3 Å². The molecular weight excluding hydrogens is 332 g/mol. The van der Waals surface area contributed by atoms with Gasteiger partial charge in [0.15, 0.2) is 11.6 Å². The number of nitrogen functional groups attached to an aromatic ring is 1. The smallest absolute Gasteiger partial charge is 0.303 e. The van der Waals surface area contributed by atoms with Gasteiger partial charge in [-0.3, -0.25) is 9.78 Å². The quantitative estimate of drug-likeness (QED) is 0.731. The number of halogens is 2. The monoisotopic (exact) mass is 347 g/mol. The van der Waals surface area contributed by atoms with Crippen molar-refractivity contribution in [3.05, 3.63) is 35.5 Å². The summed E-state index contributed by atoms with van der Waals surface area (Å²) >= 11 is 0. The van der Waals surface area contributed by atoms with Crippen molar-refractivity contribution in [2.45, 2.75) is 26.2 Å². The lowest BCUT2D eigenvalue weighted by molar-refractivity contribution is -0.117. The van der Waals surface area contributed by atoms with Gasteiger partial charge in [-0.05, 0) is 13.0 Å². The van der Waals surface area contributed by atoms with Crippen LogP contribution in [0.2, 0.25) is 0 Å². The van der Waals surface area contributed by atoms with Crippen LogP contribution in [0, 0.1) is 6.92 Å². The molecule has 10 heteroatoms. The average molecular weight is 347 g/mol. The number of pyridine rings is 1. The Kier molecular flexibility index (Phi) is 3.82. The van der Waals surface area contributed by atoms with Crippen molar-refractivity contribution in [1.29, 1.82) is 0 Å². The number of carbonyl (C=O) groups excluding carboxylic acids is 1. The van der Waals surface area contributed by atoms with E-state index in [-0.39, 0.29) is 18.1 Å². The highest BCUT2D eigenvalue weighted by molar-refractivity contribution is 5.90. The van der Waals surface area contributed by atoms with Gasteiger partial charge in [-0.1, -0.05) is 0 Å². The molecule has 0 aliphatic heterocycles. The fourth-order valence-electron chi connectivity index (χ4n) is 2.38. The molecule has 3 aromatic rings. The van der Waals surface area contributed by atoms with Crippen LogP contribution in [0.25, 0.3) is 16.7 Å². The first-order chi connectivity index (χ1) is 11.6. The van der Waals surface area contributed by atoms with Gasteiger partial charge in [-0.15, -0.1) is 5.10 Å². The molecule has 0 atom stereocenters. The van der Waals surface area contributed by atoms with E-state index in [1.807, 2.05) is 0 Å². The fraction of sp³-hybridized carbons (Fsp3) is 0.267. The summed E-state index contributed by atoms with van der Waals surface area (Å²) in [6.45, 7) is 2.30. The van der Waals surface area contributed by atoms with E-state index in [0.29, 0.717) is 22.3 Å². The Balaban J connectivity index is 2.21. The molecule has 3 aromatic heterocycles. The molecule has 3 heterocycles. The van der Waals surface area contributed by atoms with Crippen LogP contribution in [0.1, 0.15) is 24.1 Å². The lowest BCUT2D eigenvalue weighted by atomic mass is 10.2. The summed E-state index contributed by atoms with van der Waals surface area (Å²) in [5.41, 5.74) is 12.3. The minimum atomic E-state index is -3.20. The number of anilines is 1. The minimum absolute atomic E-state index is 0.0674. The summed E-state index contributed by atoms with van der Waals surface area (Å²) in [7, 11) is 0. The Morgan fingerprint density at radius 1 is 1.32 bits per heavy atom. The van der Waals surface area contributed by atoms with E-state index in [2.05, 4.69) is 20.1 Å². The van der Waals surface area contributed by atoms with E-state index in [1.54, 1.807) is 13.0 Å². The lowest BCUT2D eigenvalue weighted by Crippen LogP contribution is -2.16. The molecule has 0 spiro atoms. The van der Waals surface area contributed by atoms with E-state index in [0.717, 1.165) is 6.92 Å². The van der Waals surface area contributed by atoms with E-state index in [4.69, 9.17) is 11.5 Å². The van der Waals surface area contributed by atoms with Gasteiger partial charge in [-0.25, -0.2) is 14.6 Å². The molecule has 0 saturated heterocycles. The van der Waals surface area contributed by atoms with Gasteiger partial charge in [0.2, 0.25) is 11.7 Å². The molecule has 0 bridgehead atoms. The number of hydrogen-bond acceptors (Lipinski definition) is 6. The third-order valence-corrected chi connectivity index (χ3v) is 3.46. The Morgan fingerprint density at radius 3 is 2.68 bits per heavy atom. The maximum Gasteiger partial charge on any atom is 0.303 e. The van der Waals surface area contributed by atoms with Crippen molar-refractivity contribution in [3.8, 4) is 5.82 Å². The summed E-state index contributed by atoms with van der Waals surface area (Å²) in [5.74, 6) is -4.06. The van der Waals surface area contributed by atoms with Crippen LogP contribution in [-0.2, 0) is 17.1 Å². The molecule has 130 valence electrons. The third-order valence-electron chi connectivity index (χ3n) is 3.46. The van der Waals surface area contributed by atoms with Crippen molar-refractivity contribution in [2.24, 2.45) is 5.73 Å². The van der Waals surface area contributed by atoms with Gasteiger partial charge in [0.05, 0.1) is 23.0 Å². The predicted molar refractivity (Wildman–Crippen MR) is 86.1 cm³/mol. The molecule has 8 nitrogen and oxygen atoms in total. The number of alkyl halides is 2. The van der Waals surface area contributed by atoms with Crippen molar-refractivity contribution in [1.82, 2.24) is 24.7 Å². The van der Waals surface area contributed by atoms with E-state index >= 15 is 0 Å². The number of nitrogens with zero attached hydrogens (tertiary/aromatic N) is 5. The number of primary amides is 1. The number of carbonyl (C=O) groups is 1. The molecule has 0 saturated carbocycles. The Hall–Kier alpha value is -3.17. The predicted octanol–water partition coefficient (Wildman–Crippen LogP) is 1.24. The molecule has 0 aliphatic carbocycles.